The third kappa shape index (κ3) is 3.65. The highest BCUT2D eigenvalue weighted by molar-refractivity contribution is 6.25. The third-order valence-corrected chi connectivity index (χ3v) is 7.33. The summed E-state index contributed by atoms with van der Waals surface area (Å²) in [5.74, 6) is -7.27. The van der Waals surface area contributed by atoms with Crippen LogP contribution < -0.4 is 16.9 Å². The first-order valence-corrected chi connectivity index (χ1v) is 11.3. The van der Waals surface area contributed by atoms with E-state index in [9.17, 15) is 39.6 Å². The maximum Gasteiger partial charge on any atom is 0.332 e. The number of hydrogen-bond acceptors (Lipinski definition) is 10. The second-order valence-electron chi connectivity index (χ2n) is 9.62. The number of rotatable bonds is 4. The van der Waals surface area contributed by atoms with Crippen molar-refractivity contribution >= 4 is 29.2 Å². The summed E-state index contributed by atoms with van der Waals surface area (Å²) < 4.78 is 0. The molecule has 3 aliphatic rings. The van der Waals surface area contributed by atoms with Crippen molar-refractivity contribution in [3.8, 4) is 5.75 Å². The van der Waals surface area contributed by atoms with E-state index in [2.05, 4.69) is 10.5 Å². The first-order valence-electron chi connectivity index (χ1n) is 11.3. The molecule has 4 atom stereocenters. The van der Waals surface area contributed by atoms with Crippen LogP contribution in [0.5, 0.6) is 5.75 Å². The molecule has 196 valence electrons. The number of nitrogens with one attached hydrogen (secondary N) is 1. The topological polar surface area (TPSA) is 229 Å². The van der Waals surface area contributed by atoms with E-state index < -0.39 is 69.8 Å². The van der Waals surface area contributed by atoms with Gasteiger partial charge < -0.3 is 31.9 Å². The van der Waals surface area contributed by atoms with Crippen molar-refractivity contribution in [3.05, 3.63) is 51.5 Å². The van der Waals surface area contributed by atoms with Crippen molar-refractivity contribution in [1.82, 2.24) is 10.3 Å². The van der Waals surface area contributed by atoms with Crippen molar-refractivity contribution in [2.24, 2.45) is 28.4 Å². The molecule has 9 N–H and O–H groups in total. The molecule has 0 saturated carbocycles. The molecule has 0 aliphatic heterocycles. The summed E-state index contributed by atoms with van der Waals surface area (Å²) in [5.41, 5.74) is 9.59. The number of likely N-dealkylation sites (N-methyl/N-ethyl adjacent to an activating group) is 1. The molecule has 0 radical (unpaired) electrons. The first kappa shape index (κ1) is 25.9. The molecule has 13 nitrogen and oxygen atoms in total. The molecular formula is C24H27N5O8. The van der Waals surface area contributed by atoms with Crippen LogP contribution in [-0.4, -0.2) is 80.3 Å². The molecule has 0 spiro atoms. The molecule has 13 heteroatoms. The Hall–Kier alpha value is -4.23. The largest absolute Gasteiger partial charge is 0.510 e. The number of primary amides is 2. The fourth-order valence-corrected chi connectivity index (χ4v) is 5.79. The van der Waals surface area contributed by atoms with Gasteiger partial charge in [-0.2, -0.15) is 5.10 Å². The number of carbonyl (C=O) groups excluding carboxylic acids is 4. The number of allylic oxidation sites excluding steroid dienone is 1. The molecule has 3 aliphatic carbocycles. The van der Waals surface area contributed by atoms with Crippen LogP contribution in [0.1, 0.15) is 34.8 Å². The van der Waals surface area contributed by atoms with E-state index >= 15 is 0 Å². The molecule has 0 bridgehead atoms. The van der Waals surface area contributed by atoms with E-state index in [0.717, 1.165) is 0 Å². The van der Waals surface area contributed by atoms with E-state index in [1.165, 1.54) is 17.0 Å². The Bertz CT molecular complexity index is 1360. The van der Waals surface area contributed by atoms with Gasteiger partial charge in [0.2, 0.25) is 5.78 Å². The second-order valence-corrected chi connectivity index (χ2v) is 9.62. The van der Waals surface area contributed by atoms with Crippen LogP contribution in [0.2, 0.25) is 0 Å². The number of aliphatic hydroxyl groups is 3. The van der Waals surface area contributed by atoms with Crippen LogP contribution >= 0.6 is 0 Å². The summed E-state index contributed by atoms with van der Waals surface area (Å²) in [4.78, 5) is 51.5. The molecule has 1 aromatic carbocycles. The molecule has 0 aromatic heterocycles. The summed E-state index contributed by atoms with van der Waals surface area (Å²) >= 11 is 0. The number of Topliss-reactive ketones (excluding diaryl/α,β-unsaturated/α-hetero) is 2. The Kier molecular flexibility index (Phi) is 6.08. The lowest BCUT2D eigenvalue weighted by molar-refractivity contribution is -0.148. The van der Waals surface area contributed by atoms with E-state index in [1.54, 1.807) is 21.0 Å². The van der Waals surface area contributed by atoms with Crippen LogP contribution in [0.4, 0.5) is 4.79 Å². The molecule has 37 heavy (non-hydrogen) atoms. The molecule has 0 heterocycles. The van der Waals surface area contributed by atoms with Gasteiger partial charge in [-0.1, -0.05) is 0 Å². The number of aliphatic hydroxyl groups excluding tert-OH is 2. The molecule has 1 unspecified atom stereocenters. The van der Waals surface area contributed by atoms with Gasteiger partial charge in [0.1, 0.15) is 22.8 Å². The number of nitrogens with zero attached hydrogens (tertiary/aromatic N) is 2. The maximum atomic E-state index is 13.6. The van der Waals surface area contributed by atoms with Crippen molar-refractivity contribution < 1.29 is 39.6 Å². The zero-order chi connectivity index (χ0) is 27.6. The highest BCUT2D eigenvalue weighted by Crippen LogP contribution is 2.52. The van der Waals surface area contributed by atoms with Gasteiger partial charge in [-0.05, 0) is 57.5 Å². The summed E-state index contributed by atoms with van der Waals surface area (Å²) in [7, 11) is 3.10. The number of nitrogens with two attached hydrogens (primary N) is 2. The number of benzene rings is 1. The van der Waals surface area contributed by atoms with E-state index in [4.69, 9.17) is 11.5 Å². The number of ketones is 2. The Morgan fingerprint density at radius 3 is 2.38 bits per heavy atom. The maximum absolute atomic E-state index is 13.6. The van der Waals surface area contributed by atoms with Crippen molar-refractivity contribution in [1.29, 1.82) is 0 Å². The quantitative estimate of drug-likeness (QED) is 0.156. The van der Waals surface area contributed by atoms with Crippen molar-refractivity contribution in [3.63, 3.8) is 0 Å². The third-order valence-electron chi connectivity index (χ3n) is 7.33. The zero-order valence-corrected chi connectivity index (χ0v) is 20.3. The number of phenols is 1. The smallest absolute Gasteiger partial charge is 0.332 e. The van der Waals surface area contributed by atoms with Gasteiger partial charge in [0, 0.05) is 17.1 Å². The number of fused-ring (bicyclic) bond motifs is 3. The monoisotopic (exact) mass is 513 g/mol. The van der Waals surface area contributed by atoms with Gasteiger partial charge in [-0.15, -0.1) is 0 Å². The van der Waals surface area contributed by atoms with Crippen molar-refractivity contribution in [2.45, 2.75) is 31.4 Å². The van der Waals surface area contributed by atoms with E-state index in [-0.39, 0.29) is 29.7 Å². The molecule has 3 amide bonds. The number of aromatic hydroxyl groups is 1. The molecule has 0 fully saturated rings. The number of hydrazone groups is 1. The average molecular weight is 514 g/mol. The predicted molar refractivity (Wildman–Crippen MR) is 129 cm³/mol. The van der Waals surface area contributed by atoms with E-state index in [1.807, 2.05) is 0 Å². The summed E-state index contributed by atoms with van der Waals surface area (Å²) in [5, 5.41) is 48.1. The van der Waals surface area contributed by atoms with Crippen LogP contribution in [0, 0.1) is 11.8 Å². The Balaban J connectivity index is 1.93. The normalized spacial score (nSPS) is 27.6. The Morgan fingerprint density at radius 1 is 1.16 bits per heavy atom. The standard InChI is InChI=1S/C24H27N5O8/c1-8(27-28-23(26)36)10-4-5-13(30)15-11(10)6-9-7-12-17(29(2)3)19(32)16(22(25)35)21(34)24(12,37)20(33)14(9)18(15)31/h4-5,9,12,17,30,32-33,37H,6-7H2,1-3H3,(H2,25,35)(H3,26,28,36)/b27-8-/t9-,12-,17?,24-/m0/s1. The van der Waals surface area contributed by atoms with Gasteiger partial charge in [-0.3, -0.25) is 19.3 Å². The fraction of sp³-hybridized carbons (Fsp3) is 0.375. The van der Waals surface area contributed by atoms with Crippen LogP contribution in [0.15, 0.2) is 39.9 Å². The number of urea groups is 1. The van der Waals surface area contributed by atoms with Gasteiger partial charge >= 0.3 is 6.03 Å². The highest BCUT2D eigenvalue weighted by atomic mass is 16.3. The van der Waals surface area contributed by atoms with E-state index in [0.29, 0.717) is 11.1 Å². The van der Waals surface area contributed by atoms with Gasteiger partial charge in [0.25, 0.3) is 5.91 Å². The fourth-order valence-electron chi connectivity index (χ4n) is 5.79. The zero-order valence-electron chi connectivity index (χ0n) is 20.3. The lowest BCUT2D eigenvalue weighted by Gasteiger charge is -2.50. The SMILES string of the molecule is C/C(=N/NC(N)=O)c1ccc(O)c2c1C[C@H]1C[C@H]3C(N(C)C)C(O)=C(C(N)=O)C(=O)[C@@]3(O)C(O)=C1C2=O. The van der Waals surface area contributed by atoms with Crippen LogP contribution in [0.3, 0.4) is 0 Å². The van der Waals surface area contributed by atoms with Gasteiger partial charge in [0.05, 0.1) is 17.3 Å². The average Bonchev–Trinajstić information content (AvgIpc) is 2.79. The van der Waals surface area contributed by atoms with Crippen molar-refractivity contribution in [2.75, 3.05) is 14.1 Å². The molecular weight excluding hydrogens is 486 g/mol. The lowest BCUT2D eigenvalue weighted by Crippen LogP contribution is -2.63. The Labute approximate surface area is 210 Å². The number of phenolic OH excluding ortho intramolecular Hbond substituents is 1. The Morgan fingerprint density at radius 2 is 1.81 bits per heavy atom. The van der Waals surface area contributed by atoms with Crippen LogP contribution in [0.25, 0.3) is 0 Å². The summed E-state index contributed by atoms with van der Waals surface area (Å²) in [6, 6.07) is 0.770. The summed E-state index contributed by atoms with van der Waals surface area (Å²) in [6.45, 7) is 1.56. The summed E-state index contributed by atoms with van der Waals surface area (Å²) in [6.07, 6.45) is 0.0400. The molecule has 4 rings (SSSR count). The van der Waals surface area contributed by atoms with Gasteiger partial charge in [0.15, 0.2) is 11.4 Å². The minimum absolute atomic E-state index is 0.0451. The second kappa shape index (κ2) is 8.71. The minimum Gasteiger partial charge on any atom is -0.510 e. The predicted octanol–water partition coefficient (Wildman–Crippen LogP) is -0.487. The number of hydrogen-bond donors (Lipinski definition) is 7. The first-order chi connectivity index (χ1) is 17.2. The highest BCUT2D eigenvalue weighted by Gasteiger charge is 2.63. The minimum atomic E-state index is -2.71. The molecule has 1 aromatic rings. The van der Waals surface area contributed by atoms with Gasteiger partial charge in [-0.25, -0.2) is 10.2 Å². The number of carbonyl (C=O) groups is 4. The number of amides is 3. The van der Waals surface area contributed by atoms with Crippen LogP contribution in [-0.2, 0) is 16.0 Å². The lowest BCUT2D eigenvalue weighted by atomic mass is 9.58. The molecule has 0 saturated heterocycles.